The first-order valence-corrected chi connectivity index (χ1v) is 14.2. The van der Waals surface area contributed by atoms with E-state index in [4.69, 9.17) is 0 Å². The zero-order valence-electron chi connectivity index (χ0n) is 19.3. The molecule has 1 saturated heterocycles. The highest BCUT2D eigenvalue weighted by molar-refractivity contribution is 7.90. The van der Waals surface area contributed by atoms with Gasteiger partial charge in [-0.1, -0.05) is 18.2 Å². The first-order valence-electron chi connectivity index (χ1n) is 11.4. The van der Waals surface area contributed by atoms with Gasteiger partial charge in [-0.25, -0.2) is 13.4 Å². The molecule has 0 aliphatic carbocycles. The molecule has 0 spiro atoms. The molecule has 0 radical (unpaired) electrons. The fourth-order valence-electron chi connectivity index (χ4n) is 4.24. The largest absolute Gasteiger partial charge is 0.393 e. The zero-order chi connectivity index (χ0) is 24.4. The number of sulfone groups is 1. The molecule has 0 unspecified atom stereocenters. The van der Waals surface area contributed by atoms with Crippen LogP contribution in [0.1, 0.15) is 18.4 Å². The van der Waals surface area contributed by atoms with Crippen LogP contribution in [0.3, 0.4) is 0 Å². The van der Waals surface area contributed by atoms with Crippen LogP contribution in [0.5, 0.6) is 0 Å². The Labute approximate surface area is 208 Å². The highest BCUT2D eigenvalue weighted by Gasteiger charge is 2.17. The van der Waals surface area contributed by atoms with Gasteiger partial charge in [0, 0.05) is 37.3 Å². The van der Waals surface area contributed by atoms with Crippen LogP contribution in [-0.4, -0.2) is 48.9 Å². The van der Waals surface area contributed by atoms with Gasteiger partial charge in [0.1, 0.15) is 5.82 Å². The molecular formula is C25H27N5O3S2. The predicted molar refractivity (Wildman–Crippen MR) is 141 cm³/mol. The first-order chi connectivity index (χ1) is 16.9. The zero-order valence-corrected chi connectivity index (χ0v) is 20.9. The minimum absolute atomic E-state index is 0.195. The molecule has 2 aromatic carbocycles. The molecule has 35 heavy (non-hydrogen) atoms. The number of rotatable bonds is 7. The van der Waals surface area contributed by atoms with Crippen molar-refractivity contribution in [2.75, 3.05) is 34.9 Å². The Morgan fingerprint density at radius 1 is 1.06 bits per heavy atom. The second-order valence-corrected chi connectivity index (χ2v) is 11.6. The number of thiophene rings is 1. The van der Waals surface area contributed by atoms with Gasteiger partial charge in [-0.3, -0.25) is 0 Å². The van der Waals surface area contributed by atoms with Gasteiger partial charge in [0.05, 0.1) is 21.2 Å². The van der Waals surface area contributed by atoms with E-state index in [0.29, 0.717) is 28.8 Å². The molecule has 3 N–H and O–H groups in total. The number of aliphatic hydroxyl groups excluding tert-OH is 1. The second kappa shape index (κ2) is 9.80. The summed E-state index contributed by atoms with van der Waals surface area (Å²) in [7, 11) is -3.33. The van der Waals surface area contributed by atoms with E-state index in [1.54, 1.807) is 18.2 Å². The van der Waals surface area contributed by atoms with Gasteiger partial charge in [0.25, 0.3) is 0 Å². The predicted octanol–water partition coefficient (Wildman–Crippen LogP) is 4.41. The van der Waals surface area contributed by atoms with E-state index in [1.165, 1.54) is 17.6 Å². The van der Waals surface area contributed by atoms with E-state index in [2.05, 4.69) is 37.6 Å². The van der Waals surface area contributed by atoms with Crippen molar-refractivity contribution in [2.24, 2.45) is 0 Å². The van der Waals surface area contributed by atoms with E-state index in [1.807, 2.05) is 29.6 Å². The van der Waals surface area contributed by atoms with Crippen molar-refractivity contribution in [2.45, 2.75) is 30.4 Å². The maximum Gasteiger partial charge on any atom is 0.229 e. The quantitative estimate of drug-likeness (QED) is 0.336. The highest BCUT2D eigenvalue weighted by atomic mass is 32.2. The number of aromatic nitrogens is 2. The third-order valence-electron chi connectivity index (χ3n) is 6.08. The van der Waals surface area contributed by atoms with Crippen molar-refractivity contribution in [3.8, 4) is 0 Å². The maximum atomic E-state index is 12.2. The average molecular weight is 510 g/mol. The minimum atomic E-state index is -3.33. The van der Waals surface area contributed by atoms with Crippen molar-refractivity contribution < 1.29 is 13.5 Å². The number of piperidine rings is 1. The summed E-state index contributed by atoms with van der Waals surface area (Å²) in [6.07, 6.45) is 2.60. The maximum absolute atomic E-state index is 12.2. The molecule has 0 saturated carbocycles. The smallest absolute Gasteiger partial charge is 0.229 e. The molecule has 0 bridgehead atoms. The topological polar surface area (TPSA) is 107 Å². The number of benzene rings is 2. The number of nitrogens with zero attached hydrogens (tertiary/aromatic N) is 3. The average Bonchev–Trinajstić information content (AvgIpc) is 3.32. The summed E-state index contributed by atoms with van der Waals surface area (Å²) in [5.41, 5.74) is 3.50. The Hall–Kier alpha value is -3.21. The number of hydrogen-bond acceptors (Lipinski definition) is 9. The van der Waals surface area contributed by atoms with Crippen molar-refractivity contribution in [3.63, 3.8) is 0 Å². The summed E-state index contributed by atoms with van der Waals surface area (Å²) in [4.78, 5) is 11.9. The number of anilines is 4. The lowest BCUT2D eigenvalue weighted by atomic mass is 10.1. The van der Waals surface area contributed by atoms with Crippen LogP contribution in [0.2, 0.25) is 0 Å². The van der Waals surface area contributed by atoms with Crippen LogP contribution in [0.4, 0.5) is 23.1 Å². The number of nitrogens with one attached hydrogen (secondary N) is 2. The SMILES string of the molecule is CS(=O)(=O)c1ccccc1CNc1nc(Nc2ccc(N3CCC(O)CC3)cc2)nc2ccsc12. The van der Waals surface area contributed by atoms with Crippen LogP contribution < -0.4 is 15.5 Å². The molecule has 4 aromatic rings. The van der Waals surface area contributed by atoms with Gasteiger partial charge in [0.2, 0.25) is 5.95 Å². The fraction of sp³-hybridized carbons (Fsp3) is 0.280. The number of aliphatic hydroxyl groups is 1. The van der Waals surface area contributed by atoms with Gasteiger partial charge in [-0.15, -0.1) is 11.3 Å². The molecule has 5 rings (SSSR count). The highest BCUT2D eigenvalue weighted by Crippen LogP contribution is 2.30. The molecular weight excluding hydrogens is 482 g/mol. The molecule has 8 nitrogen and oxygen atoms in total. The van der Waals surface area contributed by atoms with Crippen molar-refractivity contribution in [1.29, 1.82) is 0 Å². The summed E-state index contributed by atoms with van der Waals surface area (Å²) in [5.74, 6) is 1.11. The summed E-state index contributed by atoms with van der Waals surface area (Å²) >= 11 is 1.53. The normalized spacial score (nSPS) is 14.9. The monoisotopic (exact) mass is 509 g/mol. The fourth-order valence-corrected chi connectivity index (χ4v) is 5.98. The third kappa shape index (κ3) is 5.39. The van der Waals surface area contributed by atoms with Crippen LogP contribution in [0.15, 0.2) is 64.9 Å². The lowest BCUT2D eigenvalue weighted by Gasteiger charge is -2.31. The number of hydrogen-bond donors (Lipinski definition) is 3. The van der Waals surface area contributed by atoms with Crippen LogP contribution >= 0.6 is 11.3 Å². The Balaban J connectivity index is 1.34. The van der Waals surface area contributed by atoms with Crippen LogP contribution in [0, 0.1) is 0 Å². The summed E-state index contributed by atoms with van der Waals surface area (Å²) in [6.45, 7) is 2.03. The van der Waals surface area contributed by atoms with Crippen molar-refractivity contribution in [3.05, 3.63) is 65.5 Å². The van der Waals surface area contributed by atoms with E-state index < -0.39 is 9.84 Å². The van der Waals surface area contributed by atoms with Gasteiger partial charge < -0.3 is 20.6 Å². The summed E-state index contributed by atoms with van der Waals surface area (Å²) in [6, 6.07) is 17.0. The van der Waals surface area contributed by atoms with Crippen molar-refractivity contribution >= 4 is 54.5 Å². The van der Waals surface area contributed by atoms with E-state index in [0.717, 1.165) is 47.5 Å². The summed E-state index contributed by atoms with van der Waals surface area (Å²) in [5, 5.41) is 18.3. The standard InChI is InChI=1S/C25H27N5O3S2/c1-35(32,33)22-5-3-2-4-17(22)16-26-24-23-21(12-15-34-23)28-25(29-24)27-18-6-8-19(9-7-18)30-13-10-20(31)11-14-30/h2-9,12,15,20,31H,10-11,13-14,16H2,1H3,(H2,26,27,28,29). The van der Waals surface area contributed by atoms with Crippen LogP contribution in [0.25, 0.3) is 10.2 Å². The first kappa shape index (κ1) is 23.5. The molecule has 182 valence electrons. The molecule has 3 heterocycles. The van der Waals surface area contributed by atoms with Gasteiger partial charge in [-0.05, 0) is 60.2 Å². The number of fused-ring (bicyclic) bond motifs is 1. The Morgan fingerprint density at radius 3 is 2.54 bits per heavy atom. The second-order valence-electron chi connectivity index (χ2n) is 8.65. The lowest BCUT2D eigenvalue weighted by molar-refractivity contribution is 0.145. The molecule has 1 aliphatic rings. The van der Waals surface area contributed by atoms with E-state index in [9.17, 15) is 13.5 Å². The Morgan fingerprint density at radius 2 is 1.80 bits per heavy atom. The Bertz CT molecular complexity index is 1430. The van der Waals surface area contributed by atoms with Gasteiger partial charge >= 0.3 is 0 Å². The van der Waals surface area contributed by atoms with E-state index >= 15 is 0 Å². The molecule has 10 heteroatoms. The molecule has 1 fully saturated rings. The molecule has 0 atom stereocenters. The lowest BCUT2D eigenvalue weighted by Crippen LogP contribution is -2.35. The van der Waals surface area contributed by atoms with Gasteiger partial charge in [-0.2, -0.15) is 4.98 Å². The third-order valence-corrected chi connectivity index (χ3v) is 8.18. The molecule has 2 aromatic heterocycles. The molecule has 0 amide bonds. The van der Waals surface area contributed by atoms with Gasteiger partial charge in [0.15, 0.2) is 9.84 Å². The molecule has 1 aliphatic heterocycles. The van der Waals surface area contributed by atoms with E-state index in [-0.39, 0.29) is 6.10 Å². The van der Waals surface area contributed by atoms with Crippen LogP contribution in [-0.2, 0) is 16.4 Å². The Kier molecular flexibility index (Phi) is 6.59. The van der Waals surface area contributed by atoms with Crippen molar-refractivity contribution in [1.82, 2.24) is 9.97 Å². The summed E-state index contributed by atoms with van der Waals surface area (Å²) < 4.78 is 25.2. The minimum Gasteiger partial charge on any atom is -0.393 e.